The summed E-state index contributed by atoms with van der Waals surface area (Å²) in [5.41, 5.74) is 0.942. The quantitative estimate of drug-likeness (QED) is 0.840. The van der Waals surface area contributed by atoms with E-state index in [1.54, 1.807) is 12.1 Å². The van der Waals surface area contributed by atoms with Gasteiger partial charge in [-0.15, -0.1) is 0 Å². The van der Waals surface area contributed by atoms with E-state index >= 15 is 0 Å². The summed E-state index contributed by atoms with van der Waals surface area (Å²) in [6.45, 7) is 0.794. The third-order valence-corrected chi connectivity index (χ3v) is 6.31. The van der Waals surface area contributed by atoms with Crippen molar-refractivity contribution in [1.82, 2.24) is 4.31 Å². The van der Waals surface area contributed by atoms with Crippen molar-refractivity contribution in [3.05, 3.63) is 65.7 Å². The minimum atomic E-state index is -3.66. The fraction of sp³-hybridized carbons (Fsp3) is 0.333. The lowest BCUT2D eigenvalue weighted by atomic mass is 9.95. The predicted octanol–water partition coefficient (Wildman–Crippen LogP) is 3.92. The van der Waals surface area contributed by atoms with Gasteiger partial charge in [-0.05, 0) is 60.7 Å². The Morgan fingerprint density at radius 1 is 0.875 bits per heavy atom. The summed E-state index contributed by atoms with van der Waals surface area (Å²) in [4.78, 5) is 0.101. The van der Waals surface area contributed by atoms with Gasteiger partial charge >= 0.3 is 0 Å². The Balaban J connectivity index is 1.86. The van der Waals surface area contributed by atoms with Crippen LogP contribution in [0.2, 0.25) is 0 Å². The van der Waals surface area contributed by atoms with Crippen LogP contribution < -0.4 is 0 Å². The minimum Gasteiger partial charge on any atom is -0.207 e. The van der Waals surface area contributed by atoms with E-state index in [9.17, 15) is 17.2 Å². The molecule has 0 spiro atoms. The summed E-state index contributed by atoms with van der Waals surface area (Å²) in [5, 5.41) is 0. The zero-order valence-corrected chi connectivity index (χ0v) is 14.0. The van der Waals surface area contributed by atoms with Gasteiger partial charge in [-0.2, -0.15) is 4.31 Å². The number of hydrogen-bond donors (Lipinski definition) is 0. The highest BCUT2D eigenvalue weighted by Gasteiger charge is 2.29. The highest BCUT2D eigenvalue weighted by molar-refractivity contribution is 7.89. The molecule has 1 saturated heterocycles. The van der Waals surface area contributed by atoms with Crippen molar-refractivity contribution >= 4 is 10.0 Å². The molecule has 0 bridgehead atoms. The van der Waals surface area contributed by atoms with Crippen LogP contribution in [0, 0.1) is 11.6 Å². The summed E-state index contributed by atoms with van der Waals surface area (Å²) in [5.74, 6) is -0.736. The Morgan fingerprint density at radius 2 is 1.46 bits per heavy atom. The number of hydrogen-bond acceptors (Lipinski definition) is 2. The van der Waals surface area contributed by atoms with Gasteiger partial charge in [0.05, 0.1) is 4.90 Å². The molecular weight excluding hydrogens is 332 g/mol. The zero-order chi connectivity index (χ0) is 17.2. The van der Waals surface area contributed by atoms with Gasteiger partial charge in [0.2, 0.25) is 10.0 Å². The van der Waals surface area contributed by atoms with Gasteiger partial charge in [-0.25, -0.2) is 17.2 Å². The molecule has 3 rings (SSSR count). The van der Waals surface area contributed by atoms with Crippen LogP contribution in [0.1, 0.15) is 30.7 Å². The Labute approximate surface area is 141 Å². The largest absolute Gasteiger partial charge is 0.243 e. The molecule has 24 heavy (non-hydrogen) atoms. The monoisotopic (exact) mass is 351 g/mol. The maximum Gasteiger partial charge on any atom is 0.243 e. The summed E-state index contributed by atoms with van der Waals surface area (Å²) < 4.78 is 53.3. The van der Waals surface area contributed by atoms with Crippen molar-refractivity contribution in [3.8, 4) is 0 Å². The van der Waals surface area contributed by atoms with E-state index < -0.39 is 15.8 Å². The summed E-state index contributed by atoms with van der Waals surface area (Å²) >= 11 is 0. The average Bonchev–Trinajstić information content (AvgIpc) is 2.83. The lowest BCUT2D eigenvalue weighted by Gasteiger charge is -2.24. The first-order valence-corrected chi connectivity index (χ1v) is 9.42. The molecule has 0 radical (unpaired) electrons. The van der Waals surface area contributed by atoms with Crippen LogP contribution in [0.3, 0.4) is 0 Å². The van der Waals surface area contributed by atoms with Crippen LogP contribution in [-0.2, 0) is 10.0 Å². The first-order chi connectivity index (χ1) is 11.5. The van der Waals surface area contributed by atoms with E-state index in [-0.39, 0.29) is 16.6 Å². The summed E-state index contributed by atoms with van der Waals surface area (Å²) in [7, 11) is -3.66. The number of nitrogens with zero attached hydrogens (tertiary/aromatic N) is 1. The van der Waals surface area contributed by atoms with E-state index in [0.717, 1.165) is 37.0 Å². The standard InChI is InChI=1S/C18H19F2NO2S/c19-16-6-4-14(5-7-16)15-3-1-2-12-21(13-15)24(22,23)18-10-8-17(20)9-11-18/h4-11,15H,1-3,12-13H2. The fourth-order valence-corrected chi connectivity index (χ4v) is 4.61. The molecule has 6 heteroatoms. The Kier molecular flexibility index (Phi) is 4.96. The smallest absolute Gasteiger partial charge is 0.207 e. The Bertz CT molecular complexity index is 789. The predicted molar refractivity (Wildman–Crippen MR) is 88.2 cm³/mol. The van der Waals surface area contributed by atoms with Crippen molar-refractivity contribution in [1.29, 1.82) is 0 Å². The van der Waals surface area contributed by atoms with Crippen LogP contribution >= 0.6 is 0 Å². The van der Waals surface area contributed by atoms with Crippen molar-refractivity contribution in [2.24, 2.45) is 0 Å². The highest BCUT2D eigenvalue weighted by atomic mass is 32.2. The molecular formula is C18H19F2NO2S. The molecule has 0 aliphatic carbocycles. The molecule has 1 heterocycles. The first kappa shape index (κ1) is 17.0. The number of benzene rings is 2. The van der Waals surface area contributed by atoms with Gasteiger partial charge in [0, 0.05) is 13.1 Å². The first-order valence-electron chi connectivity index (χ1n) is 7.98. The second-order valence-electron chi connectivity index (χ2n) is 6.06. The molecule has 1 fully saturated rings. The Morgan fingerprint density at radius 3 is 2.08 bits per heavy atom. The van der Waals surface area contributed by atoms with E-state index in [1.165, 1.54) is 28.6 Å². The molecule has 1 atom stereocenters. The van der Waals surface area contributed by atoms with E-state index in [4.69, 9.17) is 0 Å². The molecule has 1 aliphatic heterocycles. The molecule has 0 amide bonds. The second kappa shape index (κ2) is 6.99. The normalized spacial score (nSPS) is 19.8. The van der Waals surface area contributed by atoms with E-state index in [2.05, 4.69) is 0 Å². The van der Waals surface area contributed by atoms with Crippen LogP contribution in [0.4, 0.5) is 8.78 Å². The van der Waals surface area contributed by atoms with Gasteiger partial charge in [-0.3, -0.25) is 0 Å². The van der Waals surface area contributed by atoms with Crippen molar-refractivity contribution in [2.45, 2.75) is 30.1 Å². The maximum atomic E-state index is 13.1. The second-order valence-corrected chi connectivity index (χ2v) is 8.00. The third kappa shape index (κ3) is 3.65. The van der Waals surface area contributed by atoms with Gasteiger partial charge < -0.3 is 0 Å². The number of sulfonamides is 1. The lowest BCUT2D eigenvalue weighted by Crippen LogP contribution is -2.34. The van der Waals surface area contributed by atoms with Crippen LogP contribution in [-0.4, -0.2) is 25.8 Å². The van der Waals surface area contributed by atoms with Crippen molar-refractivity contribution in [3.63, 3.8) is 0 Å². The maximum absolute atomic E-state index is 13.1. The van der Waals surface area contributed by atoms with Crippen molar-refractivity contribution < 1.29 is 17.2 Å². The summed E-state index contributed by atoms with van der Waals surface area (Å²) in [6.07, 6.45) is 2.55. The van der Waals surface area contributed by atoms with Crippen molar-refractivity contribution in [2.75, 3.05) is 13.1 Å². The molecule has 0 aromatic heterocycles. The molecule has 2 aromatic carbocycles. The SMILES string of the molecule is O=S(=O)(c1ccc(F)cc1)N1CCCCC(c2ccc(F)cc2)C1. The van der Waals surface area contributed by atoms with Gasteiger partial charge in [0.15, 0.2) is 0 Å². The lowest BCUT2D eigenvalue weighted by molar-refractivity contribution is 0.406. The fourth-order valence-electron chi connectivity index (χ4n) is 3.09. The molecule has 3 nitrogen and oxygen atoms in total. The van der Waals surface area contributed by atoms with Crippen LogP contribution in [0.25, 0.3) is 0 Å². The molecule has 1 aliphatic rings. The molecule has 0 saturated carbocycles. The number of halogens is 2. The molecule has 1 unspecified atom stereocenters. The zero-order valence-electron chi connectivity index (χ0n) is 13.2. The van der Waals surface area contributed by atoms with Crippen LogP contribution in [0.5, 0.6) is 0 Å². The third-order valence-electron chi connectivity index (χ3n) is 4.43. The van der Waals surface area contributed by atoms with E-state index in [0.29, 0.717) is 13.1 Å². The Hall–Kier alpha value is -1.79. The van der Waals surface area contributed by atoms with Gasteiger partial charge in [0.1, 0.15) is 11.6 Å². The van der Waals surface area contributed by atoms with Gasteiger partial charge in [0.25, 0.3) is 0 Å². The molecule has 0 N–H and O–H groups in total. The molecule has 128 valence electrons. The average molecular weight is 351 g/mol. The summed E-state index contributed by atoms with van der Waals surface area (Å²) in [6, 6.07) is 11.1. The number of rotatable bonds is 3. The van der Waals surface area contributed by atoms with Gasteiger partial charge in [-0.1, -0.05) is 18.6 Å². The molecule has 2 aromatic rings. The van der Waals surface area contributed by atoms with Crippen LogP contribution in [0.15, 0.2) is 53.4 Å². The minimum absolute atomic E-state index is 0.0309. The topological polar surface area (TPSA) is 37.4 Å². The highest BCUT2D eigenvalue weighted by Crippen LogP contribution is 2.29. The van der Waals surface area contributed by atoms with E-state index in [1.807, 2.05) is 0 Å².